The molecule has 1 aromatic heterocycles. The molecule has 0 radical (unpaired) electrons. The first-order valence-corrected chi connectivity index (χ1v) is 7.91. The first kappa shape index (κ1) is 17.4. The van der Waals surface area contributed by atoms with Crippen molar-refractivity contribution in [1.29, 1.82) is 0 Å². The van der Waals surface area contributed by atoms with E-state index in [-0.39, 0.29) is 24.4 Å². The molecule has 118 valence electrons. The summed E-state index contributed by atoms with van der Waals surface area (Å²) in [4.78, 5) is 10.6. The van der Waals surface area contributed by atoms with Gasteiger partial charge >= 0.3 is 5.97 Å². The Bertz CT molecular complexity index is 614. The number of hydrogen-bond donors (Lipinski definition) is 1. The predicted octanol–water partition coefficient (Wildman–Crippen LogP) is 1.33. The molecule has 0 fully saturated rings. The number of hydrogen-bond acceptors (Lipinski definition) is 4. The van der Waals surface area contributed by atoms with E-state index in [2.05, 4.69) is 11.7 Å². The first-order chi connectivity index (χ1) is 9.59. The van der Waals surface area contributed by atoms with Crippen molar-refractivity contribution in [2.45, 2.75) is 44.2 Å². The molecule has 0 amide bonds. The molecule has 1 aromatic rings. The number of aromatic nitrogens is 2. The highest BCUT2D eigenvalue weighted by Crippen LogP contribution is 2.23. The average Bonchev–Trinajstić information content (AvgIpc) is 2.81. The van der Waals surface area contributed by atoms with Crippen LogP contribution in [0.25, 0.3) is 0 Å². The van der Waals surface area contributed by atoms with Gasteiger partial charge < -0.3 is 5.11 Å². The fourth-order valence-corrected chi connectivity index (χ4v) is 3.50. The molecule has 1 heterocycles. The molecule has 7 nitrogen and oxygen atoms in total. The van der Waals surface area contributed by atoms with Gasteiger partial charge in [-0.1, -0.05) is 6.08 Å². The molecule has 0 aliphatic heterocycles. The maximum absolute atomic E-state index is 12.6. The second-order valence-electron chi connectivity index (χ2n) is 5.58. The van der Waals surface area contributed by atoms with E-state index in [1.54, 1.807) is 20.8 Å². The number of aliphatic carboxylic acids is 1. The third-order valence-electron chi connectivity index (χ3n) is 2.80. The summed E-state index contributed by atoms with van der Waals surface area (Å²) in [6.45, 7) is 9.28. The van der Waals surface area contributed by atoms with Crippen molar-refractivity contribution in [3.05, 3.63) is 25.0 Å². The largest absolute Gasteiger partial charge is 0.481 e. The first-order valence-electron chi connectivity index (χ1n) is 6.47. The van der Waals surface area contributed by atoms with E-state index < -0.39 is 21.5 Å². The number of carboxylic acids is 1. The van der Waals surface area contributed by atoms with E-state index in [9.17, 15) is 13.2 Å². The third-order valence-corrected chi connectivity index (χ3v) is 4.88. The summed E-state index contributed by atoms with van der Waals surface area (Å²) in [6, 6.07) is 0. The van der Waals surface area contributed by atoms with E-state index in [1.807, 2.05) is 0 Å². The molecule has 0 saturated carbocycles. The van der Waals surface area contributed by atoms with Gasteiger partial charge in [-0.2, -0.15) is 9.40 Å². The smallest absolute Gasteiger partial charge is 0.305 e. The quantitative estimate of drug-likeness (QED) is 0.766. The van der Waals surface area contributed by atoms with Gasteiger partial charge in [0, 0.05) is 18.3 Å². The lowest BCUT2D eigenvalue weighted by molar-refractivity contribution is -0.137. The molecule has 1 rings (SSSR count). The van der Waals surface area contributed by atoms with Crippen molar-refractivity contribution >= 4 is 16.0 Å². The summed E-state index contributed by atoms with van der Waals surface area (Å²) < 4.78 is 27.9. The Labute approximate surface area is 124 Å². The van der Waals surface area contributed by atoms with E-state index in [0.29, 0.717) is 0 Å². The average molecular weight is 315 g/mol. The molecule has 0 unspecified atom stereocenters. The Morgan fingerprint density at radius 1 is 1.52 bits per heavy atom. The van der Waals surface area contributed by atoms with Crippen molar-refractivity contribution in [3.63, 3.8) is 0 Å². The van der Waals surface area contributed by atoms with Crippen LogP contribution in [0.15, 0.2) is 29.9 Å². The van der Waals surface area contributed by atoms with E-state index >= 15 is 0 Å². The zero-order valence-corrected chi connectivity index (χ0v) is 13.3. The SMILES string of the molecule is C=CCN(C(C)(C)C)S(=O)(=O)c1cnn(CCC(=O)O)c1. The summed E-state index contributed by atoms with van der Waals surface area (Å²) >= 11 is 0. The Morgan fingerprint density at radius 2 is 2.14 bits per heavy atom. The minimum atomic E-state index is -3.71. The van der Waals surface area contributed by atoms with Crippen molar-refractivity contribution in [2.24, 2.45) is 0 Å². The second kappa shape index (κ2) is 6.40. The van der Waals surface area contributed by atoms with Gasteiger partial charge in [0.15, 0.2) is 0 Å². The lowest BCUT2D eigenvalue weighted by Crippen LogP contribution is -2.45. The number of carboxylic acid groups (broad SMARTS) is 1. The van der Waals surface area contributed by atoms with Crippen molar-refractivity contribution < 1.29 is 18.3 Å². The minimum absolute atomic E-state index is 0.0460. The standard InChI is InChI=1S/C13H21N3O4S/c1-5-7-16(13(2,3)4)21(19,20)11-9-14-15(10-11)8-6-12(17)18/h5,9-10H,1,6-8H2,2-4H3,(H,17,18). The number of rotatable bonds is 7. The van der Waals surface area contributed by atoms with Crippen LogP contribution < -0.4 is 0 Å². The highest BCUT2D eigenvalue weighted by atomic mass is 32.2. The van der Waals surface area contributed by atoms with Crippen LogP contribution in [-0.2, 0) is 21.4 Å². The minimum Gasteiger partial charge on any atom is -0.481 e. The summed E-state index contributed by atoms with van der Waals surface area (Å²) in [5, 5.41) is 12.5. The van der Waals surface area contributed by atoms with Crippen LogP contribution >= 0.6 is 0 Å². The molecule has 0 aliphatic rings. The van der Waals surface area contributed by atoms with Crippen molar-refractivity contribution in [2.75, 3.05) is 6.54 Å². The molecule has 0 aliphatic carbocycles. The highest BCUT2D eigenvalue weighted by molar-refractivity contribution is 7.89. The topological polar surface area (TPSA) is 92.5 Å². The van der Waals surface area contributed by atoms with Gasteiger partial charge in [0.2, 0.25) is 10.0 Å². The Kier molecular flexibility index (Phi) is 5.30. The molecule has 1 N–H and O–H groups in total. The van der Waals surface area contributed by atoms with E-state index in [1.165, 1.54) is 27.5 Å². The lowest BCUT2D eigenvalue weighted by Gasteiger charge is -2.33. The second-order valence-corrected chi connectivity index (χ2v) is 7.44. The summed E-state index contributed by atoms with van der Waals surface area (Å²) in [5.74, 6) is -0.960. The van der Waals surface area contributed by atoms with Crippen LogP contribution in [0, 0.1) is 0 Å². The van der Waals surface area contributed by atoms with Crippen molar-refractivity contribution in [3.8, 4) is 0 Å². The molecular weight excluding hydrogens is 294 g/mol. The zero-order chi connectivity index (χ0) is 16.3. The van der Waals surface area contributed by atoms with Crippen molar-refractivity contribution in [1.82, 2.24) is 14.1 Å². The van der Waals surface area contributed by atoms with Crippen LogP contribution in [0.5, 0.6) is 0 Å². The van der Waals surface area contributed by atoms with E-state index in [0.717, 1.165) is 0 Å². The van der Waals surface area contributed by atoms with Crippen LogP contribution in [-0.4, -0.2) is 45.7 Å². The summed E-state index contributed by atoms with van der Waals surface area (Å²) in [7, 11) is -3.71. The van der Waals surface area contributed by atoms with E-state index in [4.69, 9.17) is 5.11 Å². The normalized spacial score (nSPS) is 12.6. The van der Waals surface area contributed by atoms with Gasteiger partial charge in [0.1, 0.15) is 4.90 Å². The molecule has 0 saturated heterocycles. The van der Waals surface area contributed by atoms with Gasteiger partial charge in [0.05, 0.1) is 19.2 Å². The number of nitrogens with zero attached hydrogens (tertiary/aromatic N) is 3. The Hall–Kier alpha value is -1.67. The van der Waals surface area contributed by atoms with Gasteiger partial charge in [-0.05, 0) is 20.8 Å². The van der Waals surface area contributed by atoms with Gasteiger partial charge in [-0.15, -0.1) is 6.58 Å². The fourth-order valence-electron chi connectivity index (χ4n) is 1.79. The molecule has 0 spiro atoms. The number of carbonyl (C=O) groups is 1. The Morgan fingerprint density at radius 3 is 2.62 bits per heavy atom. The molecule has 8 heteroatoms. The third kappa shape index (κ3) is 4.40. The predicted molar refractivity (Wildman–Crippen MR) is 78.3 cm³/mol. The van der Waals surface area contributed by atoms with Crippen LogP contribution in [0.1, 0.15) is 27.2 Å². The van der Waals surface area contributed by atoms with Gasteiger partial charge in [-0.25, -0.2) is 8.42 Å². The van der Waals surface area contributed by atoms with Gasteiger partial charge in [-0.3, -0.25) is 9.48 Å². The molecular formula is C13H21N3O4S. The lowest BCUT2D eigenvalue weighted by atomic mass is 10.1. The summed E-state index contributed by atoms with van der Waals surface area (Å²) in [5.41, 5.74) is -0.601. The number of aryl methyl sites for hydroxylation is 1. The molecule has 21 heavy (non-hydrogen) atoms. The molecule has 0 atom stereocenters. The monoisotopic (exact) mass is 315 g/mol. The van der Waals surface area contributed by atoms with Crippen LogP contribution in [0.4, 0.5) is 0 Å². The molecule has 0 aromatic carbocycles. The zero-order valence-electron chi connectivity index (χ0n) is 12.5. The highest BCUT2D eigenvalue weighted by Gasteiger charge is 2.33. The molecule has 0 bridgehead atoms. The fraction of sp³-hybridized carbons (Fsp3) is 0.538. The van der Waals surface area contributed by atoms with Crippen LogP contribution in [0.3, 0.4) is 0 Å². The maximum Gasteiger partial charge on any atom is 0.305 e. The summed E-state index contributed by atoms with van der Waals surface area (Å²) in [6.07, 6.45) is 3.99. The Balaban J connectivity index is 3.06. The van der Waals surface area contributed by atoms with Crippen LogP contribution in [0.2, 0.25) is 0 Å². The number of sulfonamides is 1. The maximum atomic E-state index is 12.6. The van der Waals surface area contributed by atoms with Gasteiger partial charge in [0.25, 0.3) is 0 Å².